The van der Waals surface area contributed by atoms with Crippen molar-refractivity contribution in [1.82, 2.24) is 9.78 Å². The predicted molar refractivity (Wildman–Crippen MR) is 90.7 cm³/mol. The van der Waals surface area contributed by atoms with E-state index in [4.69, 9.17) is 0 Å². The fourth-order valence-electron chi connectivity index (χ4n) is 2.81. The molecule has 1 heterocycles. The molecule has 2 aromatic carbocycles. The fraction of sp³-hybridized carbons (Fsp3) is 0.316. The Hall–Kier alpha value is -2.13. The molecular formula is C19H22N2O. The Kier molecular flexibility index (Phi) is 3.99. The van der Waals surface area contributed by atoms with E-state index < -0.39 is 0 Å². The Morgan fingerprint density at radius 1 is 1.09 bits per heavy atom. The highest BCUT2D eigenvalue weighted by Crippen LogP contribution is 2.26. The molecule has 3 aromatic rings. The van der Waals surface area contributed by atoms with Crippen molar-refractivity contribution in [2.75, 3.05) is 0 Å². The van der Waals surface area contributed by atoms with Gasteiger partial charge in [0.05, 0.1) is 18.3 Å². The van der Waals surface area contributed by atoms with Crippen LogP contribution in [0.3, 0.4) is 0 Å². The molecule has 22 heavy (non-hydrogen) atoms. The smallest absolute Gasteiger partial charge is 0.0684 e. The van der Waals surface area contributed by atoms with Crippen LogP contribution in [0.15, 0.2) is 42.6 Å². The summed E-state index contributed by atoms with van der Waals surface area (Å²) in [7, 11) is 0. The Bertz CT molecular complexity index is 802. The van der Waals surface area contributed by atoms with Crippen molar-refractivity contribution in [3.63, 3.8) is 0 Å². The van der Waals surface area contributed by atoms with Gasteiger partial charge in [0, 0.05) is 11.9 Å². The van der Waals surface area contributed by atoms with Crippen LogP contribution >= 0.6 is 0 Å². The molecule has 0 fully saturated rings. The number of benzene rings is 2. The van der Waals surface area contributed by atoms with E-state index in [1.165, 1.54) is 22.0 Å². The topological polar surface area (TPSA) is 38.0 Å². The second-order valence-corrected chi connectivity index (χ2v) is 6.29. The number of rotatable bonds is 4. The summed E-state index contributed by atoms with van der Waals surface area (Å²) in [5.41, 5.74) is 5.64. The highest BCUT2D eigenvalue weighted by Gasteiger charge is 2.07. The van der Waals surface area contributed by atoms with Crippen LogP contribution in [0.25, 0.3) is 22.0 Å². The third-order valence-corrected chi connectivity index (χ3v) is 4.03. The first-order chi connectivity index (χ1) is 10.6. The normalized spacial score (nSPS) is 11.5. The minimum Gasteiger partial charge on any atom is -0.392 e. The van der Waals surface area contributed by atoms with Gasteiger partial charge in [0.2, 0.25) is 0 Å². The van der Waals surface area contributed by atoms with Crippen LogP contribution in [0.1, 0.15) is 25.0 Å². The van der Waals surface area contributed by atoms with Crippen molar-refractivity contribution in [3.8, 4) is 11.1 Å². The van der Waals surface area contributed by atoms with Crippen LogP contribution in [0.4, 0.5) is 0 Å². The highest BCUT2D eigenvalue weighted by molar-refractivity contribution is 5.84. The van der Waals surface area contributed by atoms with Crippen LogP contribution in [-0.4, -0.2) is 14.9 Å². The van der Waals surface area contributed by atoms with Crippen molar-refractivity contribution < 1.29 is 5.11 Å². The molecule has 1 N–H and O–H groups in total. The number of aromatic nitrogens is 2. The summed E-state index contributed by atoms with van der Waals surface area (Å²) >= 11 is 0. The maximum atomic E-state index is 9.28. The van der Waals surface area contributed by atoms with Gasteiger partial charge in [-0.25, -0.2) is 0 Å². The van der Waals surface area contributed by atoms with Crippen LogP contribution in [0, 0.1) is 12.8 Å². The van der Waals surface area contributed by atoms with Gasteiger partial charge in [0.1, 0.15) is 0 Å². The van der Waals surface area contributed by atoms with E-state index in [0.29, 0.717) is 5.92 Å². The van der Waals surface area contributed by atoms with Gasteiger partial charge in [-0.15, -0.1) is 0 Å². The summed E-state index contributed by atoms with van der Waals surface area (Å²) in [4.78, 5) is 0. The zero-order chi connectivity index (χ0) is 15.7. The summed E-state index contributed by atoms with van der Waals surface area (Å²) < 4.78 is 2.07. The average molecular weight is 294 g/mol. The third-order valence-electron chi connectivity index (χ3n) is 4.03. The number of aliphatic hydroxyl groups is 1. The van der Waals surface area contributed by atoms with Crippen LogP contribution in [-0.2, 0) is 13.2 Å². The van der Waals surface area contributed by atoms with Gasteiger partial charge in [-0.1, -0.05) is 38.1 Å². The number of hydrogen-bond donors (Lipinski definition) is 1. The van der Waals surface area contributed by atoms with Gasteiger partial charge in [0.25, 0.3) is 0 Å². The summed E-state index contributed by atoms with van der Waals surface area (Å²) in [6.07, 6.45) is 1.94. The third kappa shape index (κ3) is 2.77. The Morgan fingerprint density at radius 3 is 2.50 bits per heavy atom. The molecule has 0 spiro atoms. The first-order valence-corrected chi connectivity index (χ1v) is 7.75. The maximum Gasteiger partial charge on any atom is 0.0684 e. The zero-order valence-corrected chi connectivity index (χ0v) is 13.4. The number of fused-ring (bicyclic) bond motifs is 1. The van der Waals surface area contributed by atoms with E-state index in [-0.39, 0.29) is 6.61 Å². The van der Waals surface area contributed by atoms with Gasteiger partial charge < -0.3 is 5.11 Å². The number of aryl methyl sites for hydroxylation is 1. The van der Waals surface area contributed by atoms with Gasteiger partial charge >= 0.3 is 0 Å². The summed E-state index contributed by atoms with van der Waals surface area (Å²) in [6.45, 7) is 7.47. The summed E-state index contributed by atoms with van der Waals surface area (Å²) in [5, 5.41) is 15.0. The fourth-order valence-corrected chi connectivity index (χ4v) is 2.81. The van der Waals surface area contributed by atoms with E-state index in [1.807, 2.05) is 19.2 Å². The number of aliphatic hydroxyl groups excluding tert-OH is 1. The lowest BCUT2D eigenvalue weighted by Crippen LogP contribution is -2.05. The van der Waals surface area contributed by atoms with E-state index >= 15 is 0 Å². The molecule has 3 heteroatoms. The maximum absolute atomic E-state index is 9.28. The standard InChI is InChI=1S/C19H22N2O/c1-13(2)11-21-19-7-6-16(9-18(19)10-20-21)15-4-5-17(12-22)14(3)8-15/h4-10,13,22H,11-12H2,1-3H3. The van der Waals surface area contributed by atoms with E-state index in [2.05, 4.69) is 54.0 Å². The van der Waals surface area contributed by atoms with Gasteiger partial charge in [0.15, 0.2) is 0 Å². The van der Waals surface area contributed by atoms with Crippen LogP contribution in [0.5, 0.6) is 0 Å². The Labute approximate surface area is 131 Å². The van der Waals surface area contributed by atoms with E-state index in [0.717, 1.165) is 17.7 Å². The van der Waals surface area contributed by atoms with E-state index in [9.17, 15) is 5.11 Å². The van der Waals surface area contributed by atoms with Crippen molar-refractivity contribution >= 4 is 10.9 Å². The van der Waals surface area contributed by atoms with E-state index in [1.54, 1.807) is 0 Å². The first-order valence-electron chi connectivity index (χ1n) is 7.75. The summed E-state index contributed by atoms with van der Waals surface area (Å²) in [5.74, 6) is 0.580. The minimum atomic E-state index is 0.0904. The SMILES string of the molecule is Cc1cc(-c2ccc3c(cnn3CC(C)C)c2)ccc1CO. The zero-order valence-electron chi connectivity index (χ0n) is 13.4. The average Bonchev–Trinajstić information content (AvgIpc) is 2.89. The Balaban J connectivity index is 2.00. The molecule has 0 unspecified atom stereocenters. The van der Waals surface area contributed by atoms with Gasteiger partial charge in [-0.05, 0) is 47.2 Å². The molecular weight excluding hydrogens is 272 g/mol. The van der Waals surface area contributed by atoms with Crippen molar-refractivity contribution in [2.45, 2.75) is 33.9 Å². The predicted octanol–water partition coefficient (Wildman–Crippen LogP) is 4.16. The molecule has 0 bridgehead atoms. The minimum absolute atomic E-state index is 0.0904. The quantitative estimate of drug-likeness (QED) is 0.784. The number of hydrogen-bond acceptors (Lipinski definition) is 2. The second-order valence-electron chi connectivity index (χ2n) is 6.29. The summed E-state index contributed by atoms with van der Waals surface area (Å²) in [6, 6.07) is 12.7. The molecule has 0 aliphatic rings. The van der Waals surface area contributed by atoms with Crippen molar-refractivity contribution in [3.05, 3.63) is 53.7 Å². The molecule has 3 nitrogen and oxygen atoms in total. The van der Waals surface area contributed by atoms with Gasteiger partial charge in [-0.2, -0.15) is 5.10 Å². The lowest BCUT2D eigenvalue weighted by atomic mass is 9.99. The lowest BCUT2D eigenvalue weighted by molar-refractivity contribution is 0.281. The molecule has 0 aliphatic carbocycles. The van der Waals surface area contributed by atoms with Gasteiger partial charge in [-0.3, -0.25) is 4.68 Å². The van der Waals surface area contributed by atoms with Crippen molar-refractivity contribution in [1.29, 1.82) is 0 Å². The second kappa shape index (κ2) is 5.93. The molecule has 0 atom stereocenters. The largest absolute Gasteiger partial charge is 0.392 e. The number of nitrogens with zero attached hydrogens (tertiary/aromatic N) is 2. The molecule has 0 amide bonds. The molecule has 114 valence electrons. The molecule has 0 saturated carbocycles. The molecule has 1 aromatic heterocycles. The molecule has 0 radical (unpaired) electrons. The lowest BCUT2D eigenvalue weighted by Gasteiger charge is -2.09. The molecule has 0 saturated heterocycles. The van der Waals surface area contributed by atoms with Crippen molar-refractivity contribution in [2.24, 2.45) is 5.92 Å². The highest BCUT2D eigenvalue weighted by atomic mass is 16.3. The monoisotopic (exact) mass is 294 g/mol. The van der Waals surface area contributed by atoms with Crippen LogP contribution < -0.4 is 0 Å². The first kappa shape index (κ1) is 14.8. The Morgan fingerprint density at radius 2 is 1.82 bits per heavy atom. The molecule has 0 aliphatic heterocycles. The van der Waals surface area contributed by atoms with Crippen LogP contribution in [0.2, 0.25) is 0 Å². The molecule has 3 rings (SSSR count).